The van der Waals surface area contributed by atoms with Gasteiger partial charge in [-0.05, 0) is 31.0 Å². The van der Waals surface area contributed by atoms with Crippen molar-refractivity contribution in [2.75, 3.05) is 11.4 Å². The molecule has 3 rings (SSSR count). The molecular formula is C15H13N3O5. The van der Waals surface area contributed by atoms with Crippen molar-refractivity contribution in [1.82, 2.24) is 4.90 Å². The maximum atomic E-state index is 12.5. The summed E-state index contributed by atoms with van der Waals surface area (Å²) in [6, 6.07) is 2.93. The van der Waals surface area contributed by atoms with Crippen LogP contribution in [0.1, 0.15) is 27.9 Å². The third-order valence-electron chi connectivity index (χ3n) is 4.29. The summed E-state index contributed by atoms with van der Waals surface area (Å²) in [4.78, 5) is 38.5. The number of imide groups is 1. The summed E-state index contributed by atoms with van der Waals surface area (Å²) in [5.74, 6) is -1.88. The van der Waals surface area contributed by atoms with Gasteiger partial charge >= 0.3 is 12.0 Å². The molecule has 2 saturated heterocycles. The van der Waals surface area contributed by atoms with E-state index in [-0.39, 0.29) is 28.9 Å². The zero-order chi connectivity index (χ0) is 16.9. The Hall–Kier alpha value is -2.92. The minimum absolute atomic E-state index is 0.0432. The molecule has 0 aliphatic carbocycles. The second kappa shape index (κ2) is 5.07. The molecule has 3 amide bonds. The van der Waals surface area contributed by atoms with Gasteiger partial charge in [0.15, 0.2) is 0 Å². The molecule has 2 aliphatic rings. The number of carbonyl (C=O) groups is 3. The number of nitriles is 1. The number of rotatable bonds is 2. The Balaban J connectivity index is 2.12. The van der Waals surface area contributed by atoms with E-state index in [0.29, 0.717) is 6.42 Å². The van der Waals surface area contributed by atoms with Crippen LogP contribution in [0.2, 0.25) is 0 Å². The summed E-state index contributed by atoms with van der Waals surface area (Å²) in [6.45, 7) is 1.72. The number of carbonyl (C=O) groups excluding carboxylic acids is 2. The summed E-state index contributed by atoms with van der Waals surface area (Å²) >= 11 is 0. The van der Waals surface area contributed by atoms with Crippen LogP contribution in [0, 0.1) is 18.3 Å². The van der Waals surface area contributed by atoms with E-state index in [1.807, 2.05) is 0 Å². The summed E-state index contributed by atoms with van der Waals surface area (Å²) in [6.07, 6.45) is -0.586. The van der Waals surface area contributed by atoms with Crippen molar-refractivity contribution in [3.63, 3.8) is 0 Å². The first kappa shape index (κ1) is 15.0. The fraction of sp³-hybridized carbons (Fsp3) is 0.333. The maximum absolute atomic E-state index is 12.5. The van der Waals surface area contributed by atoms with Crippen molar-refractivity contribution in [3.05, 3.63) is 28.8 Å². The Morgan fingerprint density at radius 2 is 2.09 bits per heavy atom. The van der Waals surface area contributed by atoms with Gasteiger partial charge in [-0.1, -0.05) is 0 Å². The fourth-order valence-electron chi connectivity index (χ4n) is 3.18. The molecule has 0 saturated carbocycles. The molecule has 0 radical (unpaired) electrons. The number of nitrogens with zero attached hydrogens (tertiary/aromatic N) is 3. The van der Waals surface area contributed by atoms with Crippen molar-refractivity contribution in [2.45, 2.75) is 25.5 Å². The van der Waals surface area contributed by atoms with Crippen molar-refractivity contribution in [1.29, 1.82) is 5.26 Å². The molecule has 0 spiro atoms. The lowest BCUT2D eigenvalue weighted by molar-refractivity contribution is -0.121. The first-order valence-electron chi connectivity index (χ1n) is 6.98. The van der Waals surface area contributed by atoms with Crippen molar-refractivity contribution >= 4 is 23.6 Å². The zero-order valence-corrected chi connectivity index (χ0v) is 12.2. The number of carboxylic acid groups (broad SMARTS) is 1. The molecule has 1 aromatic rings. The number of fused-ring (bicyclic) bond motifs is 1. The van der Waals surface area contributed by atoms with E-state index in [1.165, 1.54) is 24.0 Å². The van der Waals surface area contributed by atoms with Crippen molar-refractivity contribution in [3.8, 4) is 6.07 Å². The van der Waals surface area contributed by atoms with Crippen LogP contribution in [0.4, 0.5) is 10.5 Å². The summed E-state index contributed by atoms with van der Waals surface area (Å²) in [5.41, 5.74) is 0.00324. The predicted octanol–water partition coefficient (Wildman–Crippen LogP) is 0.467. The van der Waals surface area contributed by atoms with Crippen LogP contribution in [0.5, 0.6) is 0 Å². The van der Waals surface area contributed by atoms with Gasteiger partial charge in [0, 0.05) is 6.54 Å². The molecular weight excluding hydrogens is 302 g/mol. The van der Waals surface area contributed by atoms with E-state index in [1.54, 1.807) is 6.07 Å². The topological polar surface area (TPSA) is 122 Å². The van der Waals surface area contributed by atoms with Gasteiger partial charge in [-0.15, -0.1) is 0 Å². The first-order chi connectivity index (χ1) is 10.9. The summed E-state index contributed by atoms with van der Waals surface area (Å²) < 4.78 is 0. The second-order valence-corrected chi connectivity index (χ2v) is 5.50. The molecule has 2 heterocycles. The number of aliphatic hydroxyl groups excluding tert-OH is 1. The number of urea groups is 1. The van der Waals surface area contributed by atoms with Crippen LogP contribution in [-0.2, 0) is 4.79 Å². The highest BCUT2D eigenvalue weighted by Gasteiger charge is 2.52. The molecule has 23 heavy (non-hydrogen) atoms. The normalized spacial score (nSPS) is 23.2. The number of carboxylic acids is 1. The van der Waals surface area contributed by atoms with Crippen LogP contribution >= 0.6 is 0 Å². The van der Waals surface area contributed by atoms with Crippen molar-refractivity contribution in [2.24, 2.45) is 0 Å². The van der Waals surface area contributed by atoms with E-state index in [4.69, 9.17) is 5.26 Å². The van der Waals surface area contributed by atoms with Crippen LogP contribution in [0.3, 0.4) is 0 Å². The molecule has 8 heteroatoms. The Kier molecular flexibility index (Phi) is 3.30. The lowest BCUT2D eigenvalue weighted by atomic mass is 10.00. The van der Waals surface area contributed by atoms with E-state index >= 15 is 0 Å². The Morgan fingerprint density at radius 1 is 1.39 bits per heavy atom. The number of aromatic carboxylic acids is 1. The molecule has 1 aromatic carbocycles. The SMILES string of the molecule is Cc1c(N2C(=O)[C@@H]3[C@H](O)CCN3C2=O)ccc(C#N)c1C(=O)O. The van der Waals surface area contributed by atoms with Gasteiger partial charge in [0.1, 0.15) is 12.1 Å². The van der Waals surface area contributed by atoms with E-state index in [0.717, 1.165) is 4.90 Å². The van der Waals surface area contributed by atoms with Gasteiger partial charge in [-0.3, -0.25) is 4.79 Å². The quantitative estimate of drug-likeness (QED) is 0.765. The van der Waals surface area contributed by atoms with Gasteiger partial charge in [0.05, 0.1) is 22.9 Å². The number of anilines is 1. The molecule has 2 N–H and O–H groups in total. The molecule has 8 nitrogen and oxygen atoms in total. The molecule has 0 aromatic heterocycles. The average molecular weight is 315 g/mol. The number of hydrogen-bond acceptors (Lipinski definition) is 5. The van der Waals surface area contributed by atoms with E-state index in [9.17, 15) is 24.6 Å². The third kappa shape index (κ3) is 1.98. The van der Waals surface area contributed by atoms with Crippen LogP contribution in [0.25, 0.3) is 0 Å². The predicted molar refractivity (Wildman–Crippen MR) is 76.9 cm³/mol. The minimum Gasteiger partial charge on any atom is -0.478 e. The highest BCUT2D eigenvalue weighted by molar-refractivity contribution is 6.22. The summed E-state index contributed by atoms with van der Waals surface area (Å²) in [5, 5.41) is 28.2. The number of amides is 3. The monoisotopic (exact) mass is 315 g/mol. The Morgan fingerprint density at radius 3 is 2.65 bits per heavy atom. The molecule has 2 atom stereocenters. The van der Waals surface area contributed by atoms with Gasteiger partial charge in [-0.2, -0.15) is 5.26 Å². The van der Waals surface area contributed by atoms with E-state index < -0.39 is 30.1 Å². The van der Waals surface area contributed by atoms with Crippen LogP contribution in [0.15, 0.2) is 12.1 Å². The van der Waals surface area contributed by atoms with Crippen LogP contribution < -0.4 is 4.90 Å². The van der Waals surface area contributed by atoms with Gasteiger partial charge in [0.25, 0.3) is 5.91 Å². The smallest absolute Gasteiger partial charge is 0.337 e. The minimum atomic E-state index is -1.31. The fourth-order valence-corrected chi connectivity index (χ4v) is 3.18. The Bertz CT molecular complexity index is 782. The van der Waals surface area contributed by atoms with Gasteiger partial charge in [-0.25, -0.2) is 14.5 Å². The van der Waals surface area contributed by atoms with Crippen molar-refractivity contribution < 1.29 is 24.6 Å². The second-order valence-electron chi connectivity index (χ2n) is 5.50. The van der Waals surface area contributed by atoms with Crippen LogP contribution in [-0.4, -0.2) is 51.7 Å². The molecule has 0 bridgehead atoms. The number of aliphatic hydroxyl groups is 1. The maximum Gasteiger partial charge on any atom is 0.337 e. The van der Waals surface area contributed by atoms with E-state index in [2.05, 4.69) is 0 Å². The summed E-state index contributed by atoms with van der Waals surface area (Å²) in [7, 11) is 0. The molecule has 118 valence electrons. The molecule has 0 unspecified atom stereocenters. The Labute approximate surface area is 131 Å². The van der Waals surface area contributed by atoms with Gasteiger partial charge < -0.3 is 15.1 Å². The van der Waals surface area contributed by atoms with Gasteiger partial charge in [0.2, 0.25) is 0 Å². The number of hydrogen-bond donors (Lipinski definition) is 2. The molecule has 2 fully saturated rings. The zero-order valence-electron chi connectivity index (χ0n) is 12.2. The average Bonchev–Trinajstić information content (AvgIpc) is 2.99. The number of benzene rings is 1. The standard InChI is InChI=1S/C15H13N3O5/c1-7-9(3-2-8(6-16)11(7)14(21)22)18-13(20)12-10(19)4-5-17(12)15(18)23/h2-3,10,12,19H,4-5H2,1H3,(H,21,22)/t10-,12+/m1/s1. The lowest BCUT2D eigenvalue weighted by Gasteiger charge is -2.19. The largest absolute Gasteiger partial charge is 0.478 e. The highest BCUT2D eigenvalue weighted by Crippen LogP contribution is 2.34. The third-order valence-corrected chi connectivity index (χ3v) is 4.29. The molecule has 2 aliphatic heterocycles. The lowest BCUT2D eigenvalue weighted by Crippen LogP contribution is -2.36. The first-order valence-corrected chi connectivity index (χ1v) is 6.98. The highest BCUT2D eigenvalue weighted by atomic mass is 16.4.